The topological polar surface area (TPSA) is 73.3 Å². The first kappa shape index (κ1) is 12.7. The number of carbonyl (C=O) groups excluding carboxylic acids is 1. The van der Waals surface area contributed by atoms with Gasteiger partial charge in [-0.1, -0.05) is 0 Å². The van der Waals surface area contributed by atoms with Gasteiger partial charge in [-0.05, 0) is 34.7 Å². The normalized spacial score (nSPS) is 11.1. The molecule has 8 heteroatoms. The number of rotatable bonds is 2. The van der Waals surface area contributed by atoms with E-state index in [0.717, 1.165) is 0 Å². The summed E-state index contributed by atoms with van der Waals surface area (Å²) in [7, 11) is 2.34. The minimum absolute atomic E-state index is 0.0939. The Balaban J connectivity index is 3.35. The maximum Gasteiger partial charge on any atom is 0.356 e. The summed E-state index contributed by atoms with van der Waals surface area (Å²) in [5.74, 6) is -0.713. The van der Waals surface area contributed by atoms with Gasteiger partial charge in [-0.15, -0.1) is 0 Å². The summed E-state index contributed by atoms with van der Waals surface area (Å²) in [6.45, 7) is 0. The highest BCUT2D eigenvalue weighted by molar-refractivity contribution is 14.1. The quantitative estimate of drug-likeness (QED) is 0.452. The van der Waals surface area contributed by atoms with Gasteiger partial charge in [0.05, 0.1) is 7.11 Å². The van der Waals surface area contributed by atoms with Gasteiger partial charge in [-0.2, -0.15) is 0 Å². The number of methoxy groups -OCH3 is 1. The van der Waals surface area contributed by atoms with Crippen molar-refractivity contribution in [3.05, 3.63) is 21.4 Å². The molecule has 0 N–H and O–H groups in total. The Morgan fingerprint density at radius 3 is 2.60 bits per heavy atom. The van der Waals surface area contributed by atoms with Gasteiger partial charge in [0.15, 0.2) is 10.7 Å². The monoisotopic (exact) mass is 361 g/mol. The molecule has 0 radical (unpaired) electrons. The molecule has 1 rings (SSSR count). The molecule has 0 amide bonds. The van der Waals surface area contributed by atoms with E-state index in [2.05, 4.69) is 9.72 Å². The molecule has 15 heavy (non-hydrogen) atoms. The molecule has 82 valence electrons. The molecule has 0 unspecified atom stereocenters. The second-order valence-electron chi connectivity index (χ2n) is 2.44. The zero-order chi connectivity index (χ0) is 11.6. The third-order valence-electron chi connectivity index (χ3n) is 1.41. The van der Waals surface area contributed by atoms with E-state index in [-0.39, 0.29) is 10.7 Å². The molecule has 5 nitrogen and oxygen atoms in total. The number of nitrogens with zero attached hydrogens (tertiary/aromatic N) is 1. The summed E-state index contributed by atoms with van der Waals surface area (Å²) < 4.78 is 26.9. The molecule has 0 bridgehead atoms. The lowest BCUT2D eigenvalue weighted by molar-refractivity contribution is 0.0593. The predicted octanol–water partition coefficient (Wildman–Crippen LogP) is 1.40. The summed E-state index contributed by atoms with van der Waals surface area (Å²) in [6, 6.07) is 2.66. The van der Waals surface area contributed by atoms with Gasteiger partial charge in [0.1, 0.15) is 0 Å². The summed E-state index contributed by atoms with van der Waals surface area (Å²) in [6.07, 6.45) is 0. The Labute approximate surface area is 104 Å². The van der Waals surface area contributed by atoms with Gasteiger partial charge in [-0.25, -0.2) is 18.2 Å². The van der Waals surface area contributed by atoms with Gasteiger partial charge in [-0.3, -0.25) is 0 Å². The summed E-state index contributed by atoms with van der Waals surface area (Å²) in [5.41, 5.74) is -0.0939. The molecular weight excluding hydrogens is 357 g/mol. The standard InChI is InChI=1S/C7H5ClINO4S/c1-14-7(11)5-2-4(9)3-6(10-5)15(8,12)13/h2-3H,1H3. The van der Waals surface area contributed by atoms with Crippen LogP contribution in [0.15, 0.2) is 17.2 Å². The van der Waals surface area contributed by atoms with Crippen molar-refractivity contribution in [3.63, 3.8) is 0 Å². The van der Waals surface area contributed by atoms with Crippen LogP contribution in [0.2, 0.25) is 0 Å². The Bertz CT molecular complexity index is 502. The van der Waals surface area contributed by atoms with Crippen LogP contribution in [0.3, 0.4) is 0 Å². The Hall–Kier alpha value is -0.410. The Kier molecular flexibility index (Phi) is 3.90. The minimum atomic E-state index is -3.94. The molecule has 0 spiro atoms. The maximum atomic E-state index is 11.1. The van der Waals surface area contributed by atoms with Crippen molar-refractivity contribution < 1.29 is 17.9 Å². The highest BCUT2D eigenvalue weighted by Crippen LogP contribution is 2.17. The van der Waals surface area contributed by atoms with Crippen molar-refractivity contribution in [2.24, 2.45) is 0 Å². The predicted molar refractivity (Wildman–Crippen MR) is 61.3 cm³/mol. The summed E-state index contributed by atoms with van der Waals surface area (Å²) >= 11 is 1.85. The van der Waals surface area contributed by atoms with Gasteiger partial charge < -0.3 is 4.74 Å². The van der Waals surface area contributed by atoms with Crippen LogP contribution in [0.25, 0.3) is 0 Å². The number of esters is 1. The molecule has 0 aliphatic heterocycles. The van der Waals surface area contributed by atoms with E-state index in [1.54, 1.807) is 0 Å². The highest BCUT2D eigenvalue weighted by atomic mass is 127. The van der Waals surface area contributed by atoms with Crippen molar-refractivity contribution >= 4 is 48.3 Å². The van der Waals surface area contributed by atoms with E-state index in [4.69, 9.17) is 10.7 Å². The van der Waals surface area contributed by atoms with E-state index in [9.17, 15) is 13.2 Å². The van der Waals surface area contributed by atoms with Gasteiger partial charge >= 0.3 is 5.97 Å². The third-order valence-corrected chi connectivity index (χ3v) is 3.22. The molecular formula is C7H5ClINO4S. The molecule has 0 atom stereocenters. The van der Waals surface area contributed by atoms with E-state index >= 15 is 0 Å². The largest absolute Gasteiger partial charge is 0.464 e. The van der Waals surface area contributed by atoms with Crippen molar-refractivity contribution in [2.75, 3.05) is 7.11 Å². The molecule has 1 heterocycles. The number of pyridine rings is 1. The van der Waals surface area contributed by atoms with Crippen LogP contribution < -0.4 is 0 Å². The number of ether oxygens (including phenoxy) is 1. The first-order chi connectivity index (χ1) is 6.84. The van der Waals surface area contributed by atoms with Gasteiger partial charge in [0.2, 0.25) is 0 Å². The fraction of sp³-hybridized carbons (Fsp3) is 0.143. The summed E-state index contributed by atoms with van der Waals surface area (Å²) in [4.78, 5) is 14.7. The molecule has 0 saturated heterocycles. The van der Waals surface area contributed by atoms with Crippen LogP contribution in [-0.2, 0) is 13.8 Å². The maximum absolute atomic E-state index is 11.1. The van der Waals surface area contributed by atoms with Crippen LogP contribution in [0.1, 0.15) is 10.5 Å². The Morgan fingerprint density at radius 1 is 1.53 bits per heavy atom. The van der Waals surface area contributed by atoms with E-state index < -0.39 is 15.0 Å². The van der Waals surface area contributed by atoms with Crippen LogP contribution >= 0.6 is 33.3 Å². The average molecular weight is 362 g/mol. The number of hydrogen-bond acceptors (Lipinski definition) is 5. The van der Waals surface area contributed by atoms with Crippen molar-refractivity contribution in [3.8, 4) is 0 Å². The first-order valence-electron chi connectivity index (χ1n) is 3.55. The van der Waals surface area contributed by atoms with Crippen molar-refractivity contribution in [1.29, 1.82) is 0 Å². The molecule has 0 saturated carbocycles. The number of aromatic nitrogens is 1. The molecule has 0 fully saturated rings. The molecule has 1 aromatic heterocycles. The zero-order valence-corrected chi connectivity index (χ0v) is 11.1. The van der Waals surface area contributed by atoms with Gasteiger partial charge in [0, 0.05) is 14.3 Å². The first-order valence-corrected chi connectivity index (χ1v) is 6.94. The highest BCUT2D eigenvalue weighted by Gasteiger charge is 2.17. The second-order valence-corrected chi connectivity index (χ2v) is 6.20. The number of halogens is 2. The number of carbonyl (C=O) groups is 1. The molecule has 0 aromatic carbocycles. The lowest BCUT2D eigenvalue weighted by atomic mass is 10.3. The van der Waals surface area contributed by atoms with Crippen LogP contribution in [0, 0.1) is 3.57 Å². The Morgan fingerprint density at radius 2 is 2.13 bits per heavy atom. The van der Waals surface area contributed by atoms with Gasteiger partial charge in [0.25, 0.3) is 9.05 Å². The van der Waals surface area contributed by atoms with Crippen molar-refractivity contribution in [2.45, 2.75) is 5.03 Å². The second kappa shape index (κ2) is 4.62. The molecule has 0 aliphatic rings. The van der Waals surface area contributed by atoms with E-state index in [1.165, 1.54) is 19.2 Å². The van der Waals surface area contributed by atoms with Crippen molar-refractivity contribution in [1.82, 2.24) is 4.98 Å². The fourth-order valence-corrected chi connectivity index (χ4v) is 2.32. The SMILES string of the molecule is COC(=O)c1cc(I)cc(S(=O)(=O)Cl)n1. The lowest BCUT2D eigenvalue weighted by Gasteiger charge is -2.01. The van der Waals surface area contributed by atoms with Crippen LogP contribution in [-0.4, -0.2) is 26.5 Å². The molecule has 1 aromatic rings. The zero-order valence-electron chi connectivity index (χ0n) is 7.40. The minimum Gasteiger partial charge on any atom is -0.464 e. The smallest absolute Gasteiger partial charge is 0.356 e. The van der Waals surface area contributed by atoms with Crippen LogP contribution in [0.5, 0.6) is 0 Å². The molecule has 0 aliphatic carbocycles. The fourth-order valence-electron chi connectivity index (χ4n) is 0.808. The summed E-state index contributed by atoms with van der Waals surface area (Å²) in [5, 5.41) is -0.364. The third kappa shape index (κ3) is 3.28. The van der Waals surface area contributed by atoms with E-state index in [1.807, 2.05) is 22.6 Å². The average Bonchev–Trinajstić information content (AvgIpc) is 2.14. The number of hydrogen-bond donors (Lipinski definition) is 0. The van der Waals surface area contributed by atoms with E-state index in [0.29, 0.717) is 3.57 Å². The van der Waals surface area contributed by atoms with Crippen LogP contribution in [0.4, 0.5) is 0 Å². The lowest BCUT2D eigenvalue weighted by Crippen LogP contribution is -2.08.